The van der Waals surface area contributed by atoms with Gasteiger partial charge in [-0.2, -0.15) is 0 Å². The van der Waals surface area contributed by atoms with E-state index in [1.54, 1.807) is 0 Å². The fraction of sp³-hybridized carbons (Fsp3) is 0.800. The van der Waals surface area contributed by atoms with Gasteiger partial charge in [0.15, 0.2) is 0 Å². The van der Waals surface area contributed by atoms with E-state index in [2.05, 4.69) is 46.7 Å². The van der Waals surface area contributed by atoms with E-state index in [-0.39, 0.29) is 5.54 Å². The number of piperazine rings is 1. The number of hydrogen-bond donors (Lipinski definition) is 1. The van der Waals surface area contributed by atoms with Gasteiger partial charge in [-0.25, -0.2) is 4.98 Å². The second kappa shape index (κ2) is 4.91. The van der Waals surface area contributed by atoms with Crippen molar-refractivity contribution in [3.05, 3.63) is 18.2 Å². The zero-order chi connectivity index (χ0) is 13.5. The molecule has 1 saturated heterocycles. The predicted octanol–water partition coefficient (Wildman–Crippen LogP) is 1.65. The van der Waals surface area contributed by atoms with Crippen molar-refractivity contribution in [1.29, 1.82) is 0 Å². The zero-order valence-electron chi connectivity index (χ0n) is 12.4. The summed E-state index contributed by atoms with van der Waals surface area (Å²) in [6.07, 6.45) is 6.83. The van der Waals surface area contributed by atoms with Crippen LogP contribution < -0.4 is 5.32 Å². The third-order valence-electron chi connectivity index (χ3n) is 4.80. The van der Waals surface area contributed by atoms with Gasteiger partial charge in [0, 0.05) is 50.2 Å². The fourth-order valence-corrected chi connectivity index (χ4v) is 3.12. The highest BCUT2D eigenvalue weighted by molar-refractivity contribution is 4.98. The van der Waals surface area contributed by atoms with Gasteiger partial charge in [-0.05, 0) is 39.5 Å². The standard InChI is InChI=1S/C15H26N4/c1-12-16-6-7-18(12)8-9-19-10-14(13-4-5-13)17-11-15(19,2)3/h6-7,13-14,17H,4-5,8-11H2,1-3H3. The lowest BCUT2D eigenvalue weighted by Gasteiger charge is -2.46. The van der Waals surface area contributed by atoms with Crippen molar-refractivity contribution in [2.45, 2.75) is 51.7 Å². The van der Waals surface area contributed by atoms with Crippen LogP contribution in [0.2, 0.25) is 0 Å². The molecular weight excluding hydrogens is 236 g/mol. The van der Waals surface area contributed by atoms with Gasteiger partial charge in [-0.1, -0.05) is 0 Å². The SMILES string of the molecule is Cc1nccn1CCN1CC(C2CC2)NCC1(C)C. The van der Waals surface area contributed by atoms with Crippen LogP contribution >= 0.6 is 0 Å². The smallest absolute Gasteiger partial charge is 0.105 e. The van der Waals surface area contributed by atoms with Gasteiger partial charge < -0.3 is 9.88 Å². The summed E-state index contributed by atoms with van der Waals surface area (Å²) in [7, 11) is 0. The number of hydrogen-bond acceptors (Lipinski definition) is 3. The van der Waals surface area contributed by atoms with Crippen molar-refractivity contribution in [2.75, 3.05) is 19.6 Å². The van der Waals surface area contributed by atoms with Crippen LogP contribution in [0, 0.1) is 12.8 Å². The zero-order valence-corrected chi connectivity index (χ0v) is 12.4. The van der Waals surface area contributed by atoms with E-state index >= 15 is 0 Å². The van der Waals surface area contributed by atoms with E-state index in [4.69, 9.17) is 0 Å². The van der Waals surface area contributed by atoms with E-state index in [0.29, 0.717) is 0 Å². The molecule has 1 aliphatic heterocycles. The topological polar surface area (TPSA) is 33.1 Å². The Hall–Kier alpha value is -0.870. The lowest BCUT2D eigenvalue weighted by molar-refractivity contribution is 0.0573. The summed E-state index contributed by atoms with van der Waals surface area (Å²) in [5.41, 5.74) is 0.264. The van der Waals surface area contributed by atoms with E-state index in [0.717, 1.165) is 37.4 Å². The van der Waals surface area contributed by atoms with Crippen LogP contribution in [0.1, 0.15) is 32.5 Å². The molecule has 1 aliphatic carbocycles. The van der Waals surface area contributed by atoms with Gasteiger partial charge in [0.05, 0.1) is 0 Å². The lowest BCUT2D eigenvalue weighted by Crippen LogP contribution is -2.62. The number of nitrogens with one attached hydrogen (secondary N) is 1. The highest BCUT2D eigenvalue weighted by Gasteiger charge is 2.39. The monoisotopic (exact) mass is 262 g/mol. The van der Waals surface area contributed by atoms with Crippen LogP contribution in [0.25, 0.3) is 0 Å². The molecule has 2 aliphatic rings. The number of nitrogens with zero attached hydrogens (tertiary/aromatic N) is 3. The van der Waals surface area contributed by atoms with Crippen molar-refractivity contribution in [3.8, 4) is 0 Å². The highest BCUT2D eigenvalue weighted by Crippen LogP contribution is 2.35. The molecule has 2 fully saturated rings. The summed E-state index contributed by atoms with van der Waals surface area (Å²) in [5.74, 6) is 2.06. The summed E-state index contributed by atoms with van der Waals surface area (Å²) in [6.45, 7) is 11.3. The van der Waals surface area contributed by atoms with E-state index in [1.807, 2.05) is 6.20 Å². The van der Waals surface area contributed by atoms with Crippen LogP contribution in [0.3, 0.4) is 0 Å². The number of aryl methyl sites for hydroxylation is 1. The first kappa shape index (κ1) is 13.1. The molecule has 1 unspecified atom stereocenters. The summed E-state index contributed by atoms with van der Waals surface area (Å²) in [5, 5.41) is 3.75. The largest absolute Gasteiger partial charge is 0.334 e. The van der Waals surface area contributed by atoms with Crippen LogP contribution in [0.15, 0.2) is 12.4 Å². The Balaban J connectivity index is 1.61. The quantitative estimate of drug-likeness (QED) is 0.896. The molecule has 1 aromatic heterocycles. The van der Waals surface area contributed by atoms with E-state index < -0.39 is 0 Å². The van der Waals surface area contributed by atoms with Crippen molar-refractivity contribution < 1.29 is 0 Å². The van der Waals surface area contributed by atoms with Gasteiger partial charge in [-0.15, -0.1) is 0 Å². The highest BCUT2D eigenvalue weighted by atomic mass is 15.3. The summed E-state index contributed by atoms with van der Waals surface area (Å²) in [6, 6.07) is 0.719. The Bertz CT molecular complexity index is 433. The summed E-state index contributed by atoms with van der Waals surface area (Å²) >= 11 is 0. The molecule has 19 heavy (non-hydrogen) atoms. The second-order valence-electron chi connectivity index (χ2n) is 6.75. The van der Waals surface area contributed by atoms with Gasteiger partial charge in [0.1, 0.15) is 5.82 Å². The number of rotatable bonds is 4. The van der Waals surface area contributed by atoms with Gasteiger partial charge in [0.25, 0.3) is 0 Å². The molecule has 1 aromatic rings. The number of imidazole rings is 1. The molecule has 4 heteroatoms. The first-order valence-electron chi connectivity index (χ1n) is 7.52. The Kier molecular flexibility index (Phi) is 3.39. The van der Waals surface area contributed by atoms with Crippen molar-refractivity contribution in [2.24, 2.45) is 5.92 Å². The molecule has 3 rings (SSSR count). The fourth-order valence-electron chi connectivity index (χ4n) is 3.12. The maximum absolute atomic E-state index is 4.30. The third-order valence-corrected chi connectivity index (χ3v) is 4.80. The predicted molar refractivity (Wildman–Crippen MR) is 77.1 cm³/mol. The van der Waals surface area contributed by atoms with Crippen LogP contribution in [0.5, 0.6) is 0 Å². The minimum absolute atomic E-state index is 0.264. The summed E-state index contributed by atoms with van der Waals surface area (Å²) < 4.78 is 2.25. The maximum Gasteiger partial charge on any atom is 0.105 e. The first-order valence-corrected chi connectivity index (χ1v) is 7.52. The van der Waals surface area contributed by atoms with Crippen LogP contribution in [-0.2, 0) is 6.54 Å². The van der Waals surface area contributed by atoms with Crippen molar-refractivity contribution >= 4 is 0 Å². The molecular formula is C15H26N4. The molecule has 0 bridgehead atoms. The summed E-state index contributed by atoms with van der Waals surface area (Å²) in [4.78, 5) is 6.96. The average Bonchev–Trinajstić information content (AvgIpc) is 3.12. The van der Waals surface area contributed by atoms with Gasteiger partial charge in [-0.3, -0.25) is 4.90 Å². The Morgan fingerprint density at radius 3 is 2.79 bits per heavy atom. The molecule has 0 amide bonds. The third kappa shape index (κ3) is 2.84. The Morgan fingerprint density at radius 2 is 2.16 bits per heavy atom. The number of aromatic nitrogens is 2. The lowest BCUT2D eigenvalue weighted by atomic mass is 9.96. The Morgan fingerprint density at radius 1 is 1.37 bits per heavy atom. The van der Waals surface area contributed by atoms with Crippen LogP contribution in [-0.4, -0.2) is 45.7 Å². The normalized spacial score (nSPS) is 27.6. The minimum Gasteiger partial charge on any atom is -0.334 e. The molecule has 1 N–H and O–H groups in total. The molecule has 1 saturated carbocycles. The molecule has 4 nitrogen and oxygen atoms in total. The molecule has 0 spiro atoms. The van der Waals surface area contributed by atoms with Crippen molar-refractivity contribution in [1.82, 2.24) is 19.8 Å². The van der Waals surface area contributed by atoms with Gasteiger partial charge in [0.2, 0.25) is 0 Å². The Labute approximate surface area is 116 Å². The molecule has 106 valence electrons. The molecule has 1 atom stereocenters. The van der Waals surface area contributed by atoms with Gasteiger partial charge >= 0.3 is 0 Å². The average molecular weight is 262 g/mol. The van der Waals surface area contributed by atoms with E-state index in [1.165, 1.54) is 19.4 Å². The van der Waals surface area contributed by atoms with Crippen molar-refractivity contribution in [3.63, 3.8) is 0 Å². The second-order valence-corrected chi connectivity index (χ2v) is 6.75. The first-order chi connectivity index (χ1) is 9.06. The maximum atomic E-state index is 4.30. The molecule has 0 radical (unpaired) electrons. The minimum atomic E-state index is 0.264. The molecule has 2 heterocycles. The molecule has 0 aromatic carbocycles. The van der Waals surface area contributed by atoms with Crippen LogP contribution in [0.4, 0.5) is 0 Å². The van der Waals surface area contributed by atoms with E-state index in [9.17, 15) is 0 Å².